The number of carbonyl (C=O) groups excluding carboxylic acids is 1. The van der Waals surface area contributed by atoms with E-state index < -0.39 is 0 Å². The summed E-state index contributed by atoms with van der Waals surface area (Å²) in [4.78, 5) is 14.4. The minimum Gasteiger partial charge on any atom is -0.486 e. The van der Waals surface area contributed by atoms with Gasteiger partial charge in [-0.05, 0) is 37.6 Å². The molecule has 0 bridgehead atoms. The number of amides is 2. The van der Waals surface area contributed by atoms with Crippen LogP contribution in [0, 0.1) is 0 Å². The highest BCUT2D eigenvalue weighted by Crippen LogP contribution is 2.32. The number of fused-ring (bicyclic) bond motifs is 1. The van der Waals surface area contributed by atoms with Crippen LogP contribution in [0.25, 0.3) is 0 Å². The van der Waals surface area contributed by atoms with Gasteiger partial charge in [0.1, 0.15) is 13.2 Å². The highest BCUT2D eigenvalue weighted by atomic mass is 16.6. The van der Waals surface area contributed by atoms with Gasteiger partial charge in [-0.3, -0.25) is 4.90 Å². The molecule has 2 aliphatic heterocycles. The van der Waals surface area contributed by atoms with Crippen molar-refractivity contribution >= 4 is 6.03 Å². The number of ether oxygens (including phenoxy) is 3. The summed E-state index contributed by atoms with van der Waals surface area (Å²) in [5.74, 6) is 1.50. The molecular formula is C18H27N3O4. The second-order valence-electron chi connectivity index (χ2n) is 6.33. The maximum atomic E-state index is 12.1. The summed E-state index contributed by atoms with van der Waals surface area (Å²) >= 11 is 0. The third-order valence-corrected chi connectivity index (χ3v) is 4.45. The Morgan fingerprint density at radius 3 is 2.72 bits per heavy atom. The van der Waals surface area contributed by atoms with E-state index in [4.69, 9.17) is 14.2 Å². The molecule has 2 heterocycles. The van der Waals surface area contributed by atoms with Crippen molar-refractivity contribution in [3.05, 3.63) is 23.8 Å². The molecule has 7 heteroatoms. The predicted octanol–water partition coefficient (Wildman–Crippen LogP) is 1.54. The SMILES string of the molecule is CC(NC(=O)NCCCN1CCOCC1)c1ccc2c(c1)OCCO2. The van der Waals surface area contributed by atoms with E-state index in [2.05, 4.69) is 15.5 Å². The highest BCUT2D eigenvalue weighted by Gasteiger charge is 2.16. The van der Waals surface area contributed by atoms with E-state index in [1.54, 1.807) is 0 Å². The zero-order chi connectivity index (χ0) is 17.5. The monoisotopic (exact) mass is 349 g/mol. The lowest BCUT2D eigenvalue weighted by atomic mass is 10.1. The van der Waals surface area contributed by atoms with Crippen LogP contribution in [0.5, 0.6) is 11.5 Å². The lowest BCUT2D eigenvalue weighted by Gasteiger charge is -2.26. The number of nitrogens with one attached hydrogen (secondary N) is 2. The normalized spacial score (nSPS) is 18.4. The Morgan fingerprint density at radius 1 is 1.16 bits per heavy atom. The molecule has 2 N–H and O–H groups in total. The molecule has 1 fully saturated rings. The Morgan fingerprint density at radius 2 is 1.92 bits per heavy atom. The second kappa shape index (κ2) is 8.92. The molecule has 3 rings (SSSR count). The molecule has 0 aliphatic carbocycles. The van der Waals surface area contributed by atoms with Crippen LogP contribution in [-0.2, 0) is 4.74 Å². The van der Waals surface area contributed by atoms with Crippen molar-refractivity contribution in [2.24, 2.45) is 0 Å². The molecular weight excluding hydrogens is 322 g/mol. The molecule has 0 aromatic heterocycles. The number of urea groups is 1. The molecule has 0 saturated carbocycles. The average Bonchev–Trinajstić information content (AvgIpc) is 2.65. The molecule has 1 atom stereocenters. The summed E-state index contributed by atoms with van der Waals surface area (Å²) in [5, 5.41) is 5.88. The van der Waals surface area contributed by atoms with Crippen LogP contribution >= 0.6 is 0 Å². The maximum absolute atomic E-state index is 12.1. The summed E-state index contributed by atoms with van der Waals surface area (Å²) in [6, 6.07) is 5.52. The van der Waals surface area contributed by atoms with Gasteiger partial charge in [-0.25, -0.2) is 4.79 Å². The maximum Gasteiger partial charge on any atom is 0.315 e. The average molecular weight is 349 g/mol. The van der Waals surface area contributed by atoms with Crippen molar-refractivity contribution < 1.29 is 19.0 Å². The molecule has 7 nitrogen and oxygen atoms in total. The lowest BCUT2D eigenvalue weighted by Crippen LogP contribution is -2.40. The summed E-state index contributed by atoms with van der Waals surface area (Å²) in [6.45, 7) is 8.31. The second-order valence-corrected chi connectivity index (χ2v) is 6.33. The van der Waals surface area contributed by atoms with Crippen molar-refractivity contribution in [2.75, 3.05) is 52.6 Å². The topological polar surface area (TPSA) is 72.1 Å². The minimum atomic E-state index is -0.149. The molecule has 1 aromatic carbocycles. The van der Waals surface area contributed by atoms with Crippen molar-refractivity contribution in [3.63, 3.8) is 0 Å². The highest BCUT2D eigenvalue weighted by molar-refractivity contribution is 5.74. The van der Waals surface area contributed by atoms with E-state index in [0.29, 0.717) is 19.8 Å². The first kappa shape index (κ1) is 17.8. The number of benzene rings is 1. The fraction of sp³-hybridized carbons (Fsp3) is 0.611. The molecule has 1 saturated heterocycles. The van der Waals surface area contributed by atoms with Gasteiger partial charge in [0.15, 0.2) is 11.5 Å². The number of nitrogens with zero attached hydrogens (tertiary/aromatic N) is 1. The van der Waals surface area contributed by atoms with Gasteiger partial charge in [0.2, 0.25) is 0 Å². The third-order valence-electron chi connectivity index (χ3n) is 4.45. The summed E-state index contributed by atoms with van der Waals surface area (Å²) < 4.78 is 16.4. The van der Waals surface area contributed by atoms with Gasteiger partial charge in [0.25, 0.3) is 0 Å². The molecule has 138 valence electrons. The summed E-state index contributed by atoms with van der Waals surface area (Å²) in [7, 11) is 0. The third kappa shape index (κ3) is 5.24. The van der Waals surface area contributed by atoms with E-state index in [9.17, 15) is 4.79 Å². The zero-order valence-corrected chi connectivity index (χ0v) is 14.8. The van der Waals surface area contributed by atoms with Crippen LogP contribution in [-0.4, -0.2) is 63.5 Å². The van der Waals surface area contributed by atoms with Crippen molar-refractivity contribution in [1.29, 1.82) is 0 Å². The van der Waals surface area contributed by atoms with Crippen LogP contribution in [0.1, 0.15) is 24.9 Å². The quantitative estimate of drug-likeness (QED) is 0.763. The van der Waals surface area contributed by atoms with Crippen molar-refractivity contribution in [1.82, 2.24) is 15.5 Å². The van der Waals surface area contributed by atoms with Crippen LogP contribution in [0.4, 0.5) is 4.79 Å². The summed E-state index contributed by atoms with van der Waals surface area (Å²) in [6.07, 6.45) is 0.936. The first-order valence-corrected chi connectivity index (χ1v) is 8.96. The molecule has 25 heavy (non-hydrogen) atoms. The fourth-order valence-corrected chi connectivity index (χ4v) is 2.99. The molecule has 0 radical (unpaired) electrons. The largest absolute Gasteiger partial charge is 0.486 e. The minimum absolute atomic E-state index is 0.102. The van der Waals surface area contributed by atoms with Crippen LogP contribution in [0.3, 0.4) is 0 Å². The van der Waals surface area contributed by atoms with Crippen LogP contribution in [0.2, 0.25) is 0 Å². The Kier molecular flexibility index (Phi) is 6.36. The van der Waals surface area contributed by atoms with E-state index in [-0.39, 0.29) is 12.1 Å². The van der Waals surface area contributed by atoms with Gasteiger partial charge in [-0.15, -0.1) is 0 Å². The van der Waals surface area contributed by atoms with Gasteiger partial charge in [0, 0.05) is 19.6 Å². The Labute approximate surface area is 148 Å². The molecule has 2 amide bonds. The number of hydrogen-bond acceptors (Lipinski definition) is 5. The first-order chi connectivity index (χ1) is 12.2. The van der Waals surface area contributed by atoms with Gasteiger partial charge in [0.05, 0.1) is 19.3 Å². The molecule has 1 aromatic rings. The standard InChI is InChI=1S/C18H27N3O4/c1-14(15-3-4-16-17(13-15)25-12-11-24-16)20-18(22)19-5-2-6-21-7-9-23-10-8-21/h3-4,13-14H,2,5-12H2,1H3,(H2,19,20,22). The van der Waals surface area contributed by atoms with Crippen molar-refractivity contribution in [2.45, 2.75) is 19.4 Å². The Hall–Kier alpha value is -1.99. The van der Waals surface area contributed by atoms with E-state index in [0.717, 1.165) is 56.3 Å². The fourth-order valence-electron chi connectivity index (χ4n) is 2.99. The van der Waals surface area contributed by atoms with E-state index in [1.165, 1.54) is 0 Å². The number of hydrogen-bond donors (Lipinski definition) is 2. The Balaban J connectivity index is 1.38. The lowest BCUT2D eigenvalue weighted by molar-refractivity contribution is 0.0375. The number of morpholine rings is 1. The van der Waals surface area contributed by atoms with Gasteiger partial charge < -0.3 is 24.8 Å². The molecule has 1 unspecified atom stereocenters. The van der Waals surface area contributed by atoms with Gasteiger partial charge in [-0.2, -0.15) is 0 Å². The van der Waals surface area contributed by atoms with Crippen LogP contribution < -0.4 is 20.1 Å². The zero-order valence-electron chi connectivity index (χ0n) is 14.8. The first-order valence-electron chi connectivity index (χ1n) is 8.96. The smallest absolute Gasteiger partial charge is 0.315 e. The van der Waals surface area contributed by atoms with Gasteiger partial charge in [-0.1, -0.05) is 6.07 Å². The number of carbonyl (C=O) groups is 1. The Bertz CT molecular complexity index is 575. The predicted molar refractivity (Wildman–Crippen MR) is 94.3 cm³/mol. The number of rotatable bonds is 6. The summed E-state index contributed by atoms with van der Waals surface area (Å²) in [5.41, 5.74) is 0.993. The van der Waals surface area contributed by atoms with E-state index in [1.807, 2.05) is 25.1 Å². The molecule has 0 spiro atoms. The van der Waals surface area contributed by atoms with E-state index >= 15 is 0 Å². The van der Waals surface area contributed by atoms with Crippen LogP contribution in [0.15, 0.2) is 18.2 Å². The van der Waals surface area contributed by atoms with Crippen molar-refractivity contribution in [3.8, 4) is 11.5 Å². The molecule has 2 aliphatic rings. The van der Waals surface area contributed by atoms with Gasteiger partial charge >= 0.3 is 6.03 Å².